The van der Waals surface area contributed by atoms with E-state index in [9.17, 15) is 9.59 Å². The van der Waals surface area contributed by atoms with Gasteiger partial charge in [0.2, 0.25) is 11.8 Å². The molecule has 1 aromatic heterocycles. The van der Waals surface area contributed by atoms with Crippen LogP contribution in [0.15, 0.2) is 47.6 Å². The molecule has 0 unspecified atom stereocenters. The van der Waals surface area contributed by atoms with Gasteiger partial charge in [0.05, 0.1) is 12.2 Å². The number of rotatable bonds is 6. The largest absolute Gasteiger partial charge is 0.337 e. The van der Waals surface area contributed by atoms with Gasteiger partial charge in [0.1, 0.15) is 5.82 Å². The quantitative estimate of drug-likeness (QED) is 0.584. The van der Waals surface area contributed by atoms with Crippen molar-refractivity contribution >= 4 is 29.3 Å². The number of aromatic nitrogens is 3. The zero-order valence-corrected chi connectivity index (χ0v) is 19.4. The van der Waals surface area contributed by atoms with E-state index >= 15 is 0 Å². The normalized spacial score (nSPS) is 13.0. The lowest BCUT2D eigenvalue weighted by atomic mass is 10.00. The molecule has 1 aliphatic rings. The van der Waals surface area contributed by atoms with Crippen molar-refractivity contribution in [1.82, 2.24) is 19.7 Å². The first-order valence-corrected chi connectivity index (χ1v) is 11.6. The van der Waals surface area contributed by atoms with E-state index in [1.165, 1.54) is 28.5 Å². The van der Waals surface area contributed by atoms with E-state index in [4.69, 9.17) is 0 Å². The Hall–Kier alpha value is -3.13. The monoisotopic (exact) mass is 449 g/mol. The van der Waals surface area contributed by atoms with Crippen molar-refractivity contribution in [2.45, 2.75) is 38.4 Å². The number of anilines is 1. The number of hydrogen-bond acceptors (Lipinski definition) is 5. The van der Waals surface area contributed by atoms with E-state index in [1.54, 1.807) is 4.57 Å². The van der Waals surface area contributed by atoms with E-state index in [0.29, 0.717) is 23.3 Å². The molecule has 2 aromatic carbocycles. The summed E-state index contributed by atoms with van der Waals surface area (Å²) in [5.74, 6) is 0.793. The summed E-state index contributed by atoms with van der Waals surface area (Å²) in [6.45, 7) is 5.44. The Morgan fingerprint density at radius 2 is 1.84 bits per heavy atom. The van der Waals surface area contributed by atoms with E-state index in [0.717, 1.165) is 24.2 Å². The van der Waals surface area contributed by atoms with Gasteiger partial charge in [0, 0.05) is 25.8 Å². The van der Waals surface area contributed by atoms with Crippen molar-refractivity contribution in [2.24, 2.45) is 7.05 Å². The van der Waals surface area contributed by atoms with Crippen LogP contribution < -0.4 is 5.32 Å². The van der Waals surface area contributed by atoms with Gasteiger partial charge in [-0.15, -0.1) is 10.2 Å². The van der Waals surface area contributed by atoms with Crippen LogP contribution in [-0.4, -0.2) is 43.8 Å². The topological polar surface area (TPSA) is 80.1 Å². The van der Waals surface area contributed by atoms with E-state index in [2.05, 4.69) is 27.6 Å². The summed E-state index contributed by atoms with van der Waals surface area (Å²) in [6, 6.07) is 14.1. The summed E-state index contributed by atoms with van der Waals surface area (Å²) >= 11 is 1.35. The Balaban J connectivity index is 1.31. The number of hydrogen-bond donors (Lipinski definition) is 1. The highest BCUT2D eigenvalue weighted by molar-refractivity contribution is 7.99. The highest BCUT2D eigenvalue weighted by atomic mass is 32.2. The summed E-state index contributed by atoms with van der Waals surface area (Å²) in [7, 11) is 1.82. The van der Waals surface area contributed by atoms with Gasteiger partial charge in [-0.2, -0.15) is 0 Å². The first-order valence-electron chi connectivity index (χ1n) is 10.6. The van der Waals surface area contributed by atoms with Crippen LogP contribution in [0.1, 0.15) is 28.1 Å². The number of nitrogens with zero attached hydrogens (tertiary/aromatic N) is 4. The molecule has 8 heteroatoms. The third kappa shape index (κ3) is 5.02. The van der Waals surface area contributed by atoms with Crippen molar-refractivity contribution in [3.8, 4) is 0 Å². The van der Waals surface area contributed by atoms with Gasteiger partial charge >= 0.3 is 0 Å². The van der Waals surface area contributed by atoms with Crippen LogP contribution in [-0.2, 0) is 36.0 Å². The molecule has 0 aliphatic carbocycles. The molecule has 3 aromatic rings. The number of nitrogens with one attached hydrogen (secondary N) is 1. The lowest BCUT2D eigenvalue weighted by molar-refractivity contribution is -0.129. The van der Waals surface area contributed by atoms with Crippen molar-refractivity contribution in [3.05, 3.63) is 70.5 Å². The molecule has 0 radical (unpaired) electrons. The molecule has 4 rings (SSSR count). The molecule has 7 nitrogen and oxygen atoms in total. The standard InChI is InChI=1S/C24H27N5O2S/c1-16-8-9-20(12-17(16)2)25-22(30)13-21-26-27-24(28(21)3)32-15-23(31)29-11-10-18-6-4-5-7-19(18)14-29/h4-9,12H,10-11,13-15H2,1-3H3,(H,25,30). The highest BCUT2D eigenvalue weighted by Gasteiger charge is 2.21. The van der Waals surface area contributed by atoms with Crippen molar-refractivity contribution in [1.29, 1.82) is 0 Å². The molecule has 0 atom stereocenters. The molecule has 0 fully saturated rings. The second-order valence-electron chi connectivity index (χ2n) is 8.10. The Morgan fingerprint density at radius 3 is 2.62 bits per heavy atom. The smallest absolute Gasteiger partial charge is 0.233 e. The van der Waals surface area contributed by atoms with E-state index in [-0.39, 0.29) is 18.2 Å². The van der Waals surface area contributed by atoms with Crippen LogP contribution >= 0.6 is 11.8 Å². The molecule has 1 aliphatic heterocycles. The summed E-state index contributed by atoms with van der Waals surface area (Å²) in [5.41, 5.74) is 5.61. The summed E-state index contributed by atoms with van der Waals surface area (Å²) in [6.07, 6.45) is 1.00. The second-order valence-corrected chi connectivity index (χ2v) is 9.05. The minimum Gasteiger partial charge on any atom is -0.337 e. The van der Waals surface area contributed by atoms with Crippen LogP contribution in [0.4, 0.5) is 5.69 Å². The fourth-order valence-corrected chi connectivity index (χ4v) is 4.55. The van der Waals surface area contributed by atoms with Gasteiger partial charge in [-0.1, -0.05) is 42.1 Å². The summed E-state index contributed by atoms with van der Waals surface area (Å²) in [5, 5.41) is 11.9. The van der Waals surface area contributed by atoms with Crippen molar-refractivity contribution < 1.29 is 9.59 Å². The fourth-order valence-electron chi connectivity index (χ4n) is 3.72. The lowest BCUT2D eigenvalue weighted by Gasteiger charge is -2.28. The molecule has 2 amide bonds. The van der Waals surface area contributed by atoms with Gasteiger partial charge in [-0.05, 0) is 54.7 Å². The Kier molecular flexibility index (Phi) is 6.60. The molecule has 0 saturated carbocycles. The SMILES string of the molecule is Cc1ccc(NC(=O)Cc2nnc(SCC(=O)N3CCc4ccccc4C3)n2C)cc1C. The molecule has 166 valence electrons. The minimum absolute atomic E-state index is 0.0848. The van der Waals surface area contributed by atoms with Gasteiger partial charge in [0.15, 0.2) is 5.16 Å². The molecule has 1 N–H and O–H groups in total. The van der Waals surface area contributed by atoms with Crippen LogP contribution in [0.2, 0.25) is 0 Å². The molecular weight excluding hydrogens is 422 g/mol. The maximum absolute atomic E-state index is 12.7. The first-order chi connectivity index (χ1) is 15.4. The third-order valence-electron chi connectivity index (χ3n) is 5.84. The average molecular weight is 450 g/mol. The van der Waals surface area contributed by atoms with Gasteiger partial charge < -0.3 is 14.8 Å². The Morgan fingerprint density at radius 1 is 1.06 bits per heavy atom. The Labute approximate surface area is 192 Å². The van der Waals surface area contributed by atoms with Gasteiger partial charge in [0.25, 0.3) is 0 Å². The van der Waals surface area contributed by atoms with Crippen LogP contribution in [0, 0.1) is 13.8 Å². The highest BCUT2D eigenvalue weighted by Crippen LogP contribution is 2.22. The van der Waals surface area contributed by atoms with Crippen LogP contribution in [0.3, 0.4) is 0 Å². The van der Waals surface area contributed by atoms with Gasteiger partial charge in [-0.3, -0.25) is 9.59 Å². The predicted octanol–water partition coefficient (Wildman–Crippen LogP) is 3.29. The number of thioether (sulfide) groups is 1. The number of fused-ring (bicyclic) bond motifs is 1. The van der Waals surface area contributed by atoms with Crippen LogP contribution in [0.25, 0.3) is 0 Å². The van der Waals surface area contributed by atoms with E-state index in [1.807, 2.05) is 56.1 Å². The molecule has 2 heterocycles. The van der Waals surface area contributed by atoms with Crippen molar-refractivity contribution in [3.63, 3.8) is 0 Å². The number of carbonyl (C=O) groups is 2. The number of benzene rings is 2. The zero-order chi connectivity index (χ0) is 22.7. The number of carbonyl (C=O) groups excluding carboxylic acids is 2. The third-order valence-corrected chi connectivity index (χ3v) is 6.85. The van der Waals surface area contributed by atoms with Gasteiger partial charge in [-0.25, -0.2) is 0 Å². The Bertz CT molecular complexity index is 1160. The molecular formula is C24H27N5O2S. The number of aryl methyl sites for hydroxylation is 2. The average Bonchev–Trinajstić information content (AvgIpc) is 3.13. The summed E-state index contributed by atoms with van der Waals surface area (Å²) < 4.78 is 1.78. The number of amides is 2. The zero-order valence-electron chi connectivity index (χ0n) is 18.6. The van der Waals surface area contributed by atoms with Crippen molar-refractivity contribution in [2.75, 3.05) is 17.6 Å². The van der Waals surface area contributed by atoms with Crippen LogP contribution in [0.5, 0.6) is 0 Å². The fraction of sp³-hybridized carbons (Fsp3) is 0.333. The molecule has 0 bridgehead atoms. The van der Waals surface area contributed by atoms with E-state index < -0.39 is 0 Å². The lowest BCUT2D eigenvalue weighted by Crippen LogP contribution is -2.37. The summed E-state index contributed by atoms with van der Waals surface area (Å²) in [4.78, 5) is 27.1. The first kappa shape index (κ1) is 22.1. The molecule has 0 spiro atoms. The molecule has 0 saturated heterocycles. The predicted molar refractivity (Wildman–Crippen MR) is 126 cm³/mol. The molecule has 32 heavy (non-hydrogen) atoms. The maximum atomic E-state index is 12.7. The second kappa shape index (κ2) is 9.56. The maximum Gasteiger partial charge on any atom is 0.233 e. The minimum atomic E-state index is -0.150.